The van der Waals surface area contributed by atoms with Crippen LogP contribution in [0.3, 0.4) is 0 Å². The SMILES string of the molecule is COc1cc(NP(=O)(OC)OC)ccc1NC(=O)OCc1ccccc1. The van der Waals surface area contributed by atoms with Crippen molar-refractivity contribution in [2.45, 2.75) is 6.61 Å². The van der Waals surface area contributed by atoms with Crippen LogP contribution in [0.15, 0.2) is 48.5 Å². The first-order valence-corrected chi connectivity index (χ1v) is 9.19. The lowest BCUT2D eigenvalue weighted by Crippen LogP contribution is -2.14. The standard InChI is InChI=1S/C17H21N2O6P/c1-22-16-11-14(19-26(21,23-2)24-3)9-10-15(16)18-17(20)25-12-13-7-5-4-6-8-13/h4-11H,12H2,1-3H3,(H,18,20)(H,19,21). The molecule has 0 saturated heterocycles. The number of carbonyl (C=O) groups is 1. The van der Waals surface area contributed by atoms with E-state index in [0.29, 0.717) is 17.1 Å². The van der Waals surface area contributed by atoms with Gasteiger partial charge in [0.2, 0.25) is 0 Å². The molecule has 0 heterocycles. The number of hydrogen-bond donors (Lipinski definition) is 2. The highest BCUT2D eigenvalue weighted by molar-refractivity contribution is 7.55. The van der Waals surface area contributed by atoms with Crippen LogP contribution in [-0.2, 0) is 25.0 Å². The van der Waals surface area contributed by atoms with Crippen LogP contribution in [0.2, 0.25) is 0 Å². The Balaban J connectivity index is 2.02. The summed E-state index contributed by atoms with van der Waals surface area (Å²) in [6.45, 7) is 0.152. The van der Waals surface area contributed by atoms with E-state index in [1.807, 2.05) is 30.3 Å². The Hall–Kier alpha value is -2.54. The van der Waals surface area contributed by atoms with Gasteiger partial charge in [-0.1, -0.05) is 30.3 Å². The van der Waals surface area contributed by atoms with Gasteiger partial charge in [0.1, 0.15) is 12.4 Å². The Bertz CT molecular complexity index is 776. The monoisotopic (exact) mass is 380 g/mol. The normalized spacial score (nSPS) is 10.9. The largest absolute Gasteiger partial charge is 0.494 e. The molecule has 0 fully saturated rings. The highest BCUT2D eigenvalue weighted by Crippen LogP contribution is 2.46. The van der Waals surface area contributed by atoms with Gasteiger partial charge in [-0.15, -0.1) is 0 Å². The van der Waals surface area contributed by atoms with Crippen molar-refractivity contribution >= 4 is 25.2 Å². The third-order valence-electron chi connectivity index (χ3n) is 3.40. The number of carbonyl (C=O) groups excluding carboxylic acids is 1. The molecule has 0 saturated carbocycles. The molecule has 26 heavy (non-hydrogen) atoms. The van der Waals surface area contributed by atoms with Crippen molar-refractivity contribution in [1.82, 2.24) is 0 Å². The van der Waals surface area contributed by atoms with E-state index in [4.69, 9.17) is 18.5 Å². The summed E-state index contributed by atoms with van der Waals surface area (Å²) >= 11 is 0. The van der Waals surface area contributed by atoms with Crippen LogP contribution in [0.4, 0.5) is 16.2 Å². The lowest BCUT2D eigenvalue weighted by molar-refractivity contribution is 0.155. The molecule has 0 aliphatic carbocycles. The molecule has 0 spiro atoms. The molecule has 0 radical (unpaired) electrons. The molecule has 2 aromatic rings. The van der Waals surface area contributed by atoms with Gasteiger partial charge < -0.3 is 9.47 Å². The fourth-order valence-electron chi connectivity index (χ4n) is 2.06. The first kappa shape index (κ1) is 19.8. The van der Waals surface area contributed by atoms with E-state index in [-0.39, 0.29) is 6.61 Å². The molecule has 0 aliphatic rings. The van der Waals surface area contributed by atoms with Crippen LogP contribution in [0.1, 0.15) is 5.56 Å². The summed E-state index contributed by atoms with van der Waals surface area (Å²) in [4.78, 5) is 12.0. The van der Waals surface area contributed by atoms with Crippen LogP contribution in [0.5, 0.6) is 5.75 Å². The van der Waals surface area contributed by atoms with Crippen LogP contribution in [-0.4, -0.2) is 27.4 Å². The summed E-state index contributed by atoms with van der Waals surface area (Å²) in [5.41, 5.74) is 1.72. The first-order valence-electron chi connectivity index (χ1n) is 7.65. The van der Waals surface area contributed by atoms with Crippen molar-refractivity contribution in [2.75, 3.05) is 31.7 Å². The molecule has 8 nitrogen and oxygen atoms in total. The minimum atomic E-state index is -3.44. The molecule has 0 atom stereocenters. The third-order valence-corrected chi connectivity index (χ3v) is 4.89. The minimum absolute atomic E-state index is 0.152. The molecule has 0 unspecified atom stereocenters. The summed E-state index contributed by atoms with van der Waals surface area (Å²) in [6, 6.07) is 14.1. The molecular formula is C17H21N2O6P. The zero-order valence-corrected chi connectivity index (χ0v) is 15.6. The highest BCUT2D eigenvalue weighted by atomic mass is 31.2. The number of rotatable bonds is 8. The maximum absolute atomic E-state index is 12.1. The Morgan fingerprint density at radius 2 is 1.73 bits per heavy atom. The highest BCUT2D eigenvalue weighted by Gasteiger charge is 2.21. The maximum atomic E-state index is 12.1. The maximum Gasteiger partial charge on any atom is 0.432 e. The van der Waals surface area contributed by atoms with Crippen LogP contribution < -0.4 is 15.1 Å². The van der Waals surface area contributed by atoms with E-state index in [0.717, 1.165) is 5.56 Å². The summed E-state index contributed by atoms with van der Waals surface area (Å²) in [5, 5.41) is 5.25. The van der Waals surface area contributed by atoms with Gasteiger partial charge in [0, 0.05) is 26.0 Å². The summed E-state index contributed by atoms with van der Waals surface area (Å²) in [7, 11) is 0.554. The van der Waals surface area contributed by atoms with Gasteiger partial charge in [-0.2, -0.15) is 0 Å². The summed E-state index contributed by atoms with van der Waals surface area (Å²) in [5.74, 6) is 0.352. The molecule has 2 N–H and O–H groups in total. The van der Waals surface area contributed by atoms with Crippen molar-refractivity contribution in [3.63, 3.8) is 0 Å². The van der Waals surface area contributed by atoms with Gasteiger partial charge in [0.15, 0.2) is 0 Å². The second-order valence-electron chi connectivity index (χ2n) is 5.08. The van der Waals surface area contributed by atoms with E-state index in [1.54, 1.807) is 18.2 Å². The van der Waals surface area contributed by atoms with Gasteiger partial charge in [-0.25, -0.2) is 9.36 Å². The molecule has 9 heteroatoms. The lowest BCUT2D eigenvalue weighted by Gasteiger charge is -2.17. The molecule has 2 aromatic carbocycles. The Morgan fingerprint density at radius 3 is 2.35 bits per heavy atom. The fourth-order valence-corrected chi connectivity index (χ4v) is 2.84. The van der Waals surface area contributed by atoms with Crippen molar-refractivity contribution < 1.29 is 27.9 Å². The number of amides is 1. The number of benzene rings is 2. The van der Waals surface area contributed by atoms with Gasteiger partial charge in [-0.05, 0) is 17.7 Å². The van der Waals surface area contributed by atoms with E-state index >= 15 is 0 Å². The van der Waals surface area contributed by atoms with E-state index < -0.39 is 13.8 Å². The van der Waals surface area contributed by atoms with Crippen molar-refractivity contribution in [3.8, 4) is 5.75 Å². The number of anilines is 2. The van der Waals surface area contributed by atoms with Gasteiger partial charge in [0.05, 0.1) is 12.8 Å². The van der Waals surface area contributed by atoms with Crippen molar-refractivity contribution in [1.29, 1.82) is 0 Å². The minimum Gasteiger partial charge on any atom is -0.494 e. The Kier molecular flexibility index (Phi) is 7.03. The van der Waals surface area contributed by atoms with E-state index in [2.05, 4.69) is 10.4 Å². The third kappa shape index (κ3) is 5.49. The van der Waals surface area contributed by atoms with Gasteiger partial charge in [0.25, 0.3) is 0 Å². The number of methoxy groups -OCH3 is 1. The topological polar surface area (TPSA) is 95.1 Å². The zero-order chi connectivity index (χ0) is 19.0. The van der Waals surface area contributed by atoms with Crippen molar-refractivity contribution in [2.24, 2.45) is 0 Å². The van der Waals surface area contributed by atoms with Gasteiger partial charge in [-0.3, -0.25) is 19.5 Å². The lowest BCUT2D eigenvalue weighted by atomic mass is 10.2. The predicted molar refractivity (Wildman–Crippen MR) is 98.5 cm³/mol. The molecule has 2 rings (SSSR count). The summed E-state index contributed by atoms with van der Waals surface area (Å²) < 4.78 is 32.2. The summed E-state index contributed by atoms with van der Waals surface area (Å²) in [6.07, 6.45) is -0.618. The molecule has 1 amide bonds. The first-order chi connectivity index (χ1) is 12.5. The number of nitrogens with one attached hydrogen (secondary N) is 2. The Labute approximate surface area is 152 Å². The molecule has 0 aliphatic heterocycles. The molecule has 140 valence electrons. The number of hydrogen-bond acceptors (Lipinski definition) is 6. The smallest absolute Gasteiger partial charge is 0.432 e. The number of ether oxygens (including phenoxy) is 2. The van der Waals surface area contributed by atoms with Crippen LogP contribution in [0.25, 0.3) is 0 Å². The molecule has 0 bridgehead atoms. The average molecular weight is 380 g/mol. The van der Waals surface area contributed by atoms with Crippen LogP contribution in [0, 0.1) is 0 Å². The van der Waals surface area contributed by atoms with E-state index in [9.17, 15) is 9.36 Å². The molecule has 0 aromatic heterocycles. The zero-order valence-electron chi connectivity index (χ0n) is 14.7. The molecular weight excluding hydrogens is 359 g/mol. The van der Waals surface area contributed by atoms with Crippen LogP contribution >= 0.6 is 7.75 Å². The van der Waals surface area contributed by atoms with Gasteiger partial charge >= 0.3 is 13.8 Å². The second-order valence-corrected chi connectivity index (χ2v) is 7.03. The quantitative estimate of drug-likeness (QED) is 0.661. The Morgan fingerprint density at radius 1 is 1.04 bits per heavy atom. The second kappa shape index (κ2) is 9.24. The predicted octanol–water partition coefficient (Wildman–Crippen LogP) is 4.26. The fraction of sp³-hybridized carbons (Fsp3) is 0.235. The van der Waals surface area contributed by atoms with E-state index in [1.165, 1.54) is 21.3 Å². The van der Waals surface area contributed by atoms with Crippen molar-refractivity contribution in [3.05, 3.63) is 54.1 Å². The average Bonchev–Trinajstić information content (AvgIpc) is 2.68.